The van der Waals surface area contributed by atoms with Crippen LogP contribution in [0, 0.1) is 5.92 Å². The van der Waals surface area contributed by atoms with E-state index in [0.29, 0.717) is 11.4 Å². The third-order valence-corrected chi connectivity index (χ3v) is 3.52. The number of rotatable bonds is 6. The average Bonchev–Trinajstić information content (AvgIpc) is 3.23. The standard InChI is InChI=1S/C16H23N3O2/c1-4-17-16(2,3)15(21)19-13-7-5-6-12(10-13)18-14(20)11-8-9-11/h5-7,10-11,17H,4,8-9H2,1-3H3,(H,18,20)(H,19,21). The number of hydrogen-bond acceptors (Lipinski definition) is 3. The molecule has 5 heteroatoms. The number of anilines is 2. The molecule has 0 bridgehead atoms. The van der Waals surface area contributed by atoms with Gasteiger partial charge in [0.15, 0.2) is 0 Å². The van der Waals surface area contributed by atoms with E-state index in [0.717, 1.165) is 19.4 Å². The van der Waals surface area contributed by atoms with Crippen LogP contribution in [0.2, 0.25) is 0 Å². The highest BCUT2D eigenvalue weighted by Crippen LogP contribution is 2.30. The van der Waals surface area contributed by atoms with E-state index in [1.807, 2.05) is 39.0 Å². The van der Waals surface area contributed by atoms with Gasteiger partial charge in [0.05, 0.1) is 5.54 Å². The summed E-state index contributed by atoms with van der Waals surface area (Å²) in [6, 6.07) is 7.23. The van der Waals surface area contributed by atoms with Gasteiger partial charge in [-0.2, -0.15) is 0 Å². The average molecular weight is 289 g/mol. The molecule has 0 aliphatic heterocycles. The van der Waals surface area contributed by atoms with Crippen molar-refractivity contribution in [3.63, 3.8) is 0 Å². The second kappa shape index (κ2) is 6.26. The highest BCUT2D eigenvalue weighted by Gasteiger charge is 2.29. The maximum atomic E-state index is 12.2. The van der Waals surface area contributed by atoms with Crippen molar-refractivity contribution in [3.05, 3.63) is 24.3 Å². The van der Waals surface area contributed by atoms with Gasteiger partial charge >= 0.3 is 0 Å². The van der Waals surface area contributed by atoms with E-state index in [2.05, 4.69) is 16.0 Å². The molecule has 2 amide bonds. The molecule has 1 aromatic rings. The van der Waals surface area contributed by atoms with Gasteiger partial charge in [0.2, 0.25) is 11.8 Å². The minimum absolute atomic E-state index is 0.0615. The molecule has 0 radical (unpaired) electrons. The van der Waals surface area contributed by atoms with E-state index in [1.165, 1.54) is 0 Å². The normalized spacial score (nSPS) is 14.6. The van der Waals surface area contributed by atoms with Crippen molar-refractivity contribution < 1.29 is 9.59 Å². The van der Waals surface area contributed by atoms with Crippen molar-refractivity contribution in [2.75, 3.05) is 17.2 Å². The van der Waals surface area contributed by atoms with Crippen LogP contribution >= 0.6 is 0 Å². The van der Waals surface area contributed by atoms with Crippen LogP contribution in [-0.2, 0) is 9.59 Å². The second-order valence-electron chi connectivity index (χ2n) is 5.95. The van der Waals surface area contributed by atoms with E-state index in [1.54, 1.807) is 6.07 Å². The predicted molar refractivity (Wildman–Crippen MR) is 84.2 cm³/mol. The first-order valence-electron chi connectivity index (χ1n) is 7.40. The highest BCUT2D eigenvalue weighted by atomic mass is 16.2. The van der Waals surface area contributed by atoms with Crippen LogP contribution in [0.25, 0.3) is 0 Å². The smallest absolute Gasteiger partial charge is 0.244 e. The Kier molecular flexibility index (Phi) is 4.63. The molecule has 3 N–H and O–H groups in total. The minimum Gasteiger partial charge on any atom is -0.326 e. The van der Waals surface area contributed by atoms with E-state index < -0.39 is 5.54 Å². The lowest BCUT2D eigenvalue weighted by atomic mass is 10.0. The Hall–Kier alpha value is -1.88. The maximum absolute atomic E-state index is 12.2. The summed E-state index contributed by atoms with van der Waals surface area (Å²) in [5.74, 6) is 0.123. The van der Waals surface area contributed by atoms with Crippen LogP contribution in [0.3, 0.4) is 0 Å². The van der Waals surface area contributed by atoms with Crippen molar-refractivity contribution in [3.8, 4) is 0 Å². The molecule has 1 saturated carbocycles. The Morgan fingerprint density at radius 3 is 2.38 bits per heavy atom. The van der Waals surface area contributed by atoms with Gasteiger partial charge < -0.3 is 16.0 Å². The first-order chi connectivity index (χ1) is 9.92. The zero-order valence-electron chi connectivity index (χ0n) is 12.8. The second-order valence-corrected chi connectivity index (χ2v) is 5.95. The van der Waals surface area contributed by atoms with Gasteiger partial charge in [-0.25, -0.2) is 0 Å². The van der Waals surface area contributed by atoms with Gasteiger partial charge in [-0.3, -0.25) is 9.59 Å². The maximum Gasteiger partial charge on any atom is 0.244 e. The lowest BCUT2D eigenvalue weighted by molar-refractivity contribution is -0.121. The van der Waals surface area contributed by atoms with Gasteiger partial charge in [0.1, 0.15) is 0 Å². The van der Waals surface area contributed by atoms with E-state index in [-0.39, 0.29) is 17.7 Å². The molecule has 0 saturated heterocycles. The summed E-state index contributed by atoms with van der Waals surface area (Å²) in [7, 11) is 0. The Labute approximate surface area is 125 Å². The number of amides is 2. The molecular weight excluding hydrogens is 266 g/mol. The molecule has 1 aliphatic rings. The summed E-state index contributed by atoms with van der Waals surface area (Å²) in [4.78, 5) is 24.0. The van der Waals surface area contributed by atoms with Crippen LogP contribution in [0.5, 0.6) is 0 Å². The summed E-state index contributed by atoms with van der Waals surface area (Å²) < 4.78 is 0. The zero-order valence-corrected chi connectivity index (χ0v) is 12.8. The molecule has 114 valence electrons. The third-order valence-electron chi connectivity index (χ3n) is 3.52. The lowest BCUT2D eigenvalue weighted by Gasteiger charge is -2.24. The van der Waals surface area contributed by atoms with Gasteiger partial charge in [-0.1, -0.05) is 13.0 Å². The monoisotopic (exact) mass is 289 g/mol. The number of likely N-dealkylation sites (N-methyl/N-ethyl adjacent to an activating group) is 1. The summed E-state index contributed by atoms with van der Waals surface area (Å²) in [6.45, 7) is 6.36. The number of hydrogen-bond donors (Lipinski definition) is 3. The molecule has 5 nitrogen and oxygen atoms in total. The van der Waals surface area contributed by atoms with Gasteiger partial charge in [-0.05, 0) is 51.4 Å². The molecule has 0 spiro atoms. The first-order valence-corrected chi connectivity index (χ1v) is 7.40. The number of carbonyl (C=O) groups excluding carboxylic acids is 2. The zero-order chi connectivity index (χ0) is 15.5. The largest absolute Gasteiger partial charge is 0.326 e. The fourth-order valence-electron chi connectivity index (χ4n) is 2.07. The quantitative estimate of drug-likeness (QED) is 0.753. The summed E-state index contributed by atoms with van der Waals surface area (Å²) in [6.07, 6.45) is 1.94. The fraction of sp³-hybridized carbons (Fsp3) is 0.500. The summed E-state index contributed by atoms with van der Waals surface area (Å²) in [5, 5.41) is 8.88. The molecule has 2 rings (SSSR count). The third kappa shape index (κ3) is 4.29. The first kappa shape index (κ1) is 15.5. The van der Waals surface area contributed by atoms with E-state index in [4.69, 9.17) is 0 Å². The van der Waals surface area contributed by atoms with Gasteiger partial charge in [-0.15, -0.1) is 0 Å². The number of carbonyl (C=O) groups is 2. The molecule has 0 atom stereocenters. The molecule has 1 aliphatic carbocycles. The van der Waals surface area contributed by atoms with E-state index in [9.17, 15) is 9.59 Å². The lowest BCUT2D eigenvalue weighted by Crippen LogP contribution is -2.49. The van der Waals surface area contributed by atoms with Gasteiger partial charge in [0.25, 0.3) is 0 Å². The van der Waals surface area contributed by atoms with E-state index >= 15 is 0 Å². The highest BCUT2D eigenvalue weighted by molar-refractivity contribution is 5.99. The summed E-state index contributed by atoms with van der Waals surface area (Å²) >= 11 is 0. The minimum atomic E-state index is -0.637. The Morgan fingerprint density at radius 1 is 1.19 bits per heavy atom. The van der Waals surface area contributed by atoms with Gasteiger partial charge in [0, 0.05) is 17.3 Å². The Bertz CT molecular complexity index is 536. The molecule has 1 aromatic carbocycles. The predicted octanol–water partition coefficient (Wildman–Crippen LogP) is 2.36. The Balaban J connectivity index is 2.00. The molecular formula is C16H23N3O2. The number of benzene rings is 1. The van der Waals surface area contributed by atoms with Crippen molar-refractivity contribution in [2.45, 2.75) is 39.2 Å². The van der Waals surface area contributed by atoms with Crippen molar-refractivity contribution in [2.24, 2.45) is 5.92 Å². The van der Waals surface area contributed by atoms with Crippen LogP contribution in [0.4, 0.5) is 11.4 Å². The summed E-state index contributed by atoms with van der Waals surface area (Å²) in [5.41, 5.74) is 0.757. The fourth-order valence-corrected chi connectivity index (χ4v) is 2.07. The van der Waals surface area contributed by atoms with Crippen LogP contribution < -0.4 is 16.0 Å². The topological polar surface area (TPSA) is 70.2 Å². The Morgan fingerprint density at radius 2 is 1.81 bits per heavy atom. The molecule has 0 unspecified atom stereocenters. The van der Waals surface area contributed by atoms with Crippen LogP contribution in [0.1, 0.15) is 33.6 Å². The molecule has 1 fully saturated rings. The molecule has 0 heterocycles. The van der Waals surface area contributed by atoms with Crippen LogP contribution in [0.15, 0.2) is 24.3 Å². The molecule has 0 aromatic heterocycles. The van der Waals surface area contributed by atoms with Crippen molar-refractivity contribution in [1.82, 2.24) is 5.32 Å². The SMILES string of the molecule is CCNC(C)(C)C(=O)Nc1cccc(NC(=O)C2CC2)c1. The molecule has 21 heavy (non-hydrogen) atoms. The van der Waals surface area contributed by atoms with Crippen molar-refractivity contribution >= 4 is 23.2 Å². The van der Waals surface area contributed by atoms with Crippen LogP contribution in [-0.4, -0.2) is 23.9 Å². The van der Waals surface area contributed by atoms with Crippen molar-refractivity contribution in [1.29, 1.82) is 0 Å². The number of nitrogens with one attached hydrogen (secondary N) is 3.